The molecule has 1 fully saturated rings. The molecule has 0 atom stereocenters. The van der Waals surface area contributed by atoms with E-state index in [0.717, 1.165) is 11.4 Å². The normalized spacial score (nSPS) is 15.4. The summed E-state index contributed by atoms with van der Waals surface area (Å²) in [7, 11) is 0. The molecule has 1 N–H and O–H groups in total. The van der Waals surface area contributed by atoms with E-state index in [-0.39, 0.29) is 12.0 Å². The van der Waals surface area contributed by atoms with Gasteiger partial charge in [-0.25, -0.2) is 4.79 Å². The Labute approximate surface area is 171 Å². The number of nitrogens with zero attached hydrogens (tertiary/aromatic N) is 1. The van der Waals surface area contributed by atoms with Gasteiger partial charge in [0.2, 0.25) is 0 Å². The molecular weight excluding hydrogens is 368 g/mol. The average Bonchev–Trinajstić information content (AvgIpc) is 2.76. The van der Waals surface area contributed by atoms with E-state index in [1.54, 1.807) is 4.90 Å². The van der Waals surface area contributed by atoms with Crippen LogP contribution in [0.2, 0.25) is 0 Å². The number of benzene rings is 2. The minimum absolute atomic E-state index is 0.144. The Kier molecular flexibility index (Phi) is 7.11. The molecule has 6 nitrogen and oxygen atoms in total. The number of carbonyl (C=O) groups is 2. The molecule has 0 aromatic heterocycles. The summed E-state index contributed by atoms with van der Waals surface area (Å²) in [6, 6.07) is 18.8. The highest BCUT2D eigenvalue weighted by molar-refractivity contribution is 5.89. The Hall–Kier alpha value is -3.02. The van der Waals surface area contributed by atoms with Crippen molar-refractivity contribution in [2.45, 2.75) is 26.2 Å². The minimum Gasteiger partial charge on any atom is -0.494 e. The van der Waals surface area contributed by atoms with Gasteiger partial charge in [-0.3, -0.25) is 4.79 Å². The third-order valence-corrected chi connectivity index (χ3v) is 5.33. The number of urea groups is 1. The molecule has 2 aromatic rings. The average molecular weight is 396 g/mol. The van der Waals surface area contributed by atoms with Crippen LogP contribution in [0.4, 0.5) is 10.5 Å². The molecule has 0 aliphatic carbocycles. The van der Waals surface area contributed by atoms with Crippen LogP contribution in [0.15, 0.2) is 60.7 Å². The quantitative estimate of drug-likeness (QED) is 0.707. The lowest BCUT2D eigenvalue weighted by atomic mass is 9.76. The van der Waals surface area contributed by atoms with Crippen LogP contribution in [0.1, 0.15) is 26.2 Å². The topological polar surface area (TPSA) is 67.9 Å². The monoisotopic (exact) mass is 396 g/mol. The van der Waals surface area contributed by atoms with Gasteiger partial charge in [-0.05, 0) is 50.5 Å². The highest BCUT2D eigenvalue weighted by Gasteiger charge is 2.43. The Morgan fingerprint density at radius 2 is 1.62 bits per heavy atom. The summed E-state index contributed by atoms with van der Waals surface area (Å²) >= 11 is 0. The van der Waals surface area contributed by atoms with Gasteiger partial charge in [0.05, 0.1) is 18.6 Å². The molecule has 2 aromatic carbocycles. The van der Waals surface area contributed by atoms with Crippen molar-refractivity contribution in [3.8, 4) is 5.75 Å². The smallest absolute Gasteiger partial charge is 0.321 e. The third kappa shape index (κ3) is 5.50. The maximum absolute atomic E-state index is 12.7. The molecule has 1 aliphatic heterocycles. The van der Waals surface area contributed by atoms with Crippen molar-refractivity contribution in [2.75, 3.05) is 31.6 Å². The summed E-state index contributed by atoms with van der Waals surface area (Å²) in [5.74, 6) is 0.589. The fourth-order valence-corrected chi connectivity index (χ4v) is 3.58. The highest BCUT2D eigenvalue weighted by atomic mass is 16.5. The Morgan fingerprint density at radius 3 is 2.24 bits per heavy atom. The molecular formula is C23H28N2O4. The van der Waals surface area contributed by atoms with Gasteiger partial charge in [0.25, 0.3) is 0 Å². The maximum Gasteiger partial charge on any atom is 0.321 e. The molecule has 0 unspecified atom stereocenters. The lowest BCUT2D eigenvalue weighted by Crippen LogP contribution is -2.48. The molecule has 154 valence electrons. The third-order valence-electron chi connectivity index (χ3n) is 5.33. The summed E-state index contributed by atoms with van der Waals surface area (Å²) in [6.45, 7) is 3.59. The number of rotatable bonds is 7. The summed E-state index contributed by atoms with van der Waals surface area (Å²) < 4.78 is 11.2. The van der Waals surface area contributed by atoms with Crippen LogP contribution in [0.25, 0.3) is 0 Å². The number of likely N-dealkylation sites (tertiary alicyclic amines) is 1. The maximum atomic E-state index is 12.7. The van der Waals surface area contributed by atoms with Crippen molar-refractivity contribution >= 4 is 17.7 Å². The van der Waals surface area contributed by atoms with E-state index < -0.39 is 5.41 Å². The number of para-hydroxylation sites is 2. The fraction of sp³-hybridized carbons (Fsp3) is 0.391. The van der Waals surface area contributed by atoms with Crippen LogP contribution in [-0.4, -0.2) is 43.2 Å². The SMILES string of the molecule is CCOC(=O)C1(CCOc2ccccc2)CCN(C(=O)Nc2ccccc2)CC1. The first kappa shape index (κ1) is 20.7. The zero-order chi connectivity index (χ0) is 20.5. The van der Waals surface area contributed by atoms with E-state index in [0.29, 0.717) is 45.6 Å². The van der Waals surface area contributed by atoms with Crippen molar-refractivity contribution in [1.29, 1.82) is 0 Å². The second kappa shape index (κ2) is 9.96. The largest absolute Gasteiger partial charge is 0.494 e. The summed E-state index contributed by atoms with van der Waals surface area (Å²) in [5, 5.41) is 2.90. The van der Waals surface area contributed by atoms with Gasteiger partial charge in [0.15, 0.2) is 0 Å². The molecule has 6 heteroatoms. The number of esters is 1. The van der Waals surface area contributed by atoms with Crippen LogP contribution in [0.5, 0.6) is 5.75 Å². The highest BCUT2D eigenvalue weighted by Crippen LogP contribution is 2.37. The predicted molar refractivity (Wildman–Crippen MR) is 112 cm³/mol. The number of nitrogens with one attached hydrogen (secondary N) is 1. The first-order chi connectivity index (χ1) is 14.1. The van der Waals surface area contributed by atoms with Gasteiger partial charge in [0, 0.05) is 18.8 Å². The van der Waals surface area contributed by atoms with E-state index in [1.165, 1.54) is 0 Å². The van der Waals surface area contributed by atoms with Gasteiger partial charge in [-0.15, -0.1) is 0 Å². The van der Waals surface area contributed by atoms with Gasteiger partial charge in [-0.2, -0.15) is 0 Å². The first-order valence-corrected chi connectivity index (χ1v) is 10.1. The number of amides is 2. The van der Waals surface area contributed by atoms with Gasteiger partial charge >= 0.3 is 12.0 Å². The number of ether oxygens (including phenoxy) is 2. The van der Waals surface area contributed by atoms with Crippen molar-refractivity contribution in [3.63, 3.8) is 0 Å². The lowest BCUT2D eigenvalue weighted by molar-refractivity contribution is -0.159. The molecule has 2 amide bonds. The number of anilines is 1. The predicted octanol–water partition coefficient (Wildman–Crippen LogP) is 4.33. The number of hydrogen-bond donors (Lipinski definition) is 1. The van der Waals surface area contributed by atoms with E-state index in [9.17, 15) is 9.59 Å². The van der Waals surface area contributed by atoms with Crippen LogP contribution in [-0.2, 0) is 9.53 Å². The number of piperidine rings is 1. The molecule has 0 radical (unpaired) electrons. The molecule has 1 saturated heterocycles. The van der Waals surface area contributed by atoms with Crippen LogP contribution in [0.3, 0.4) is 0 Å². The standard InChI is InChI=1S/C23H28N2O4/c1-2-28-21(26)23(15-18-29-20-11-7-4-8-12-20)13-16-25(17-14-23)22(27)24-19-9-5-3-6-10-19/h3-12H,2,13-18H2,1H3,(H,24,27). The second-order valence-corrected chi connectivity index (χ2v) is 7.20. The van der Waals surface area contributed by atoms with Crippen molar-refractivity contribution < 1.29 is 19.1 Å². The number of hydrogen-bond acceptors (Lipinski definition) is 4. The zero-order valence-corrected chi connectivity index (χ0v) is 16.8. The molecule has 0 bridgehead atoms. The Balaban J connectivity index is 1.58. The van der Waals surface area contributed by atoms with E-state index >= 15 is 0 Å². The Morgan fingerprint density at radius 1 is 1.00 bits per heavy atom. The number of carbonyl (C=O) groups excluding carboxylic acids is 2. The zero-order valence-electron chi connectivity index (χ0n) is 16.8. The van der Waals surface area contributed by atoms with Crippen molar-refractivity contribution in [2.24, 2.45) is 5.41 Å². The molecule has 0 spiro atoms. The van der Waals surface area contributed by atoms with Crippen molar-refractivity contribution in [3.05, 3.63) is 60.7 Å². The molecule has 3 rings (SSSR count). The van der Waals surface area contributed by atoms with Crippen molar-refractivity contribution in [1.82, 2.24) is 4.90 Å². The molecule has 29 heavy (non-hydrogen) atoms. The van der Waals surface area contributed by atoms with Gasteiger partial charge in [0.1, 0.15) is 5.75 Å². The Bertz CT molecular complexity index is 787. The van der Waals surface area contributed by atoms with Gasteiger partial charge < -0.3 is 19.7 Å². The first-order valence-electron chi connectivity index (χ1n) is 10.1. The minimum atomic E-state index is -0.617. The second-order valence-electron chi connectivity index (χ2n) is 7.20. The van der Waals surface area contributed by atoms with E-state index in [2.05, 4.69) is 5.32 Å². The molecule has 1 heterocycles. The lowest BCUT2D eigenvalue weighted by Gasteiger charge is -2.39. The van der Waals surface area contributed by atoms with Crippen LogP contribution >= 0.6 is 0 Å². The summed E-state index contributed by atoms with van der Waals surface area (Å²) in [4.78, 5) is 27.0. The van der Waals surface area contributed by atoms with Gasteiger partial charge in [-0.1, -0.05) is 36.4 Å². The van der Waals surface area contributed by atoms with Crippen LogP contribution < -0.4 is 10.1 Å². The van der Waals surface area contributed by atoms with E-state index in [4.69, 9.17) is 9.47 Å². The molecule has 0 saturated carbocycles. The van der Waals surface area contributed by atoms with Crippen LogP contribution in [0, 0.1) is 5.41 Å². The summed E-state index contributed by atoms with van der Waals surface area (Å²) in [5.41, 5.74) is 0.143. The fourth-order valence-electron chi connectivity index (χ4n) is 3.58. The molecule has 1 aliphatic rings. The van der Waals surface area contributed by atoms with E-state index in [1.807, 2.05) is 67.6 Å². The summed E-state index contributed by atoms with van der Waals surface area (Å²) in [6.07, 6.45) is 1.69.